The number of carboxylic acids is 1. The third-order valence-electron chi connectivity index (χ3n) is 8.13. The second-order valence-corrected chi connectivity index (χ2v) is 11.1. The summed E-state index contributed by atoms with van der Waals surface area (Å²) in [5, 5.41) is 16.5. The Morgan fingerprint density at radius 3 is 2.64 bits per heavy atom. The van der Waals surface area contributed by atoms with Gasteiger partial charge in [0.1, 0.15) is 29.9 Å². The van der Waals surface area contributed by atoms with E-state index in [-0.39, 0.29) is 19.6 Å². The average Bonchev–Trinajstić information content (AvgIpc) is 3.03. The Morgan fingerprint density at radius 1 is 1.12 bits per heavy atom. The number of anilines is 3. The molecule has 0 saturated carbocycles. The van der Waals surface area contributed by atoms with Crippen LogP contribution in [0.4, 0.5) is 17.5 Å². The van der Waals surface area contributed by atoms with Crippen molar-refractivity contribution in [1.82, 2.24) is 15.0 Å². The van der Waals surface area contributed by atoms with Gasteiger partial charge in [0.15, 0.2) is 0 Å². The SMILES string of the molecule is CCc1nc(NC[C@H](CC(=O)OCc2ccccc2)C(=O)O)c(C)c(N2CCC(c3ccc4c(n3)NCCC4)CC2)n1. The molecule has 5 rings (SSSR count). The summed E-state index contributed by atoms with van der Waals surface area (Å²) < 4.78 is 5.32. The lowest BCUT2D eigenvalue weighted by Gasteiger charge is -2.34. The summed E-state index contributed by atoms with van der Waals surface area (Å²) in [4.78, 5) is 41.2. The van der Waals surface area contributed by atoms with Crippen molar-refractivity contribution in [2.75, 3.05) is 41.7 Å². The molecule has 0 spiro atoms. The lowest BCUT2D eigenvalue weighted by Crippen LogP contribution is -2.35. The maximum absolute atomic E-state index is 12.4. The quantitative estimate of drug-likeness (QED) is 0.277. The number of carboxylic acid groups (broad SMARTS) is 1. The number of hydrogen-bond acceptors (Lipinski definition) is 9. The molecular formula is C32H40N6O4. The van der Waals surface area contributed by atoms with Crippen molar-refractivity contribution in [3.63, 3.8) is 0 Å². The molecule has 2 aromatic heterocycles. The van der Waals surface area contributed by atoms with Crippen molar-refractivity contribution in [3.05, 3.63) is 70.7 Å². The molecule has 1 saturated heterocycles. The van der Waals surface area contributed by atoms with Crippen LogP contribution in [0.25, 0.3) is 0 Å². The minimum Gasteiger partial charge on any atom is -0.481 e. The molecule has 4 heterocycles. The van der Waals surface area contributed by atoms with E-state index in [0.29, 0.717) is 24.0 Å². The number of pyridine rings is 1. The van der Waals surface area contributed by atoms with Gasteiger partial charge in [-0.15, -0.1) is 0 Å². The number of rotatable bonds is 11. The highest BCUT2D eigenvalue weighted by Gasteiger charge is 2.27. The van der Waals surface area contributed by atoms with Crippen LogP contribution in [-0.2, 0) is 33.8 Å². The molecule has 10 nitrogen and oxygen atoms in total. The Labute approximate surface area is 246 Å². The van der Waals surface area contributed by atoms with Crippen molar-refractivity contribution in [2.24, 2.45) is 5.92 Å². The third kappa shape index (κ3) is 7.16. The Balaban J connectivity index is 1.21. The van der Waals surface area contributed by atoms with Gasteiger partial charge in [-0.1, -0.05) is 43.3 Å². The predicted molar refractivity (Wildman–Crippen MR) is 162 cm³/mol. The molecule has 3 aromatic rings. The van der Waals surface area contributed by atoms with Crippen molar-refractivity contribution in [2.45, 2.75) is 64.9 Å². The summed E-state index contributed by atoms with van der Waals surface area (Å²) in [6.45, 7) is 6.81. The summed E-state index contributed by atoms with van der Waals surface area (Å²) in [7, 11) is 0. The number of esters is 1. The van der Waals surface area contributed by atoms with Crippen molar-refractivity contribution < 1.29 is 19.4 Å². The lowest BCUT2D eigenvalue weighted by atomic mass is 9.92. The maximum atomic E-state index is 12.4. The van der Waals surface area contributed by atoms with Crippen LogP contribution in [0.5, 0.6) is 0 Å². The first kappa shape index (κ1) is 29.3. The van der Waals surface area contributed by atoms with Crippen LogP contribution in [-0.4, -0.2) is 58.2 Å². The first-order valence-electron chi connectivity index (χ1n) is 14.9. The summed E-state index contributed by atoms with van der Waals surface area (Å²) in [6.07, 6.45) is 4.62. The van der Waals surface area contributed by atoms with Crippen LogP contribution in [0.15, 0.2) is 42.5 Å². The molecule has 0 radical (unpaired) electrons. The fourth-order valence-electron chi connectivity index (χ4n) is 5.61. The molecule has 0 bridgehead atoms. The van der Waals surface area contributed by atoms with Crippen molar-refractivity contribution >= 4 is 29.4 Å². The van der Waals surface area contributed by atoms with E-state index >= 15 is 0 Å². The maximum Gasteiger partial charge on any atom is 0.308 e. The van der Waals surface area contributed by atoms with Gasteiger partial charge in [-0.05, 0) is 49.8 Å². The highest BCUT2D eigenvalue weighted by Crippen LogP contribution is 2.33. The second-order valence-electron chi connectivity index (χ2n) is 11.1. The van der Waals surface area contributed by atoms with Gasteiger partial charge in [0, 0.05) is 49.8 Å². The van der Waals surface area contributed by atoms with Gasteiger partial charge >= 0.3 is 11.9 Å². The standard InChI is InChI=1S/C32H40N6O4/c1-3-27-36-29(34-19-25(32(40)41)18-28(39)42-20-22-8-5-4-6-9-22)21(2)31(37-27)38-16-13-23(14-17-38)26-12-11-24-10-7-15-33-30(24)35-26/h4-6,8-9,11-12,23,25H,3,7,10,13-20H2,1-2H3,(H,33,35)(H,40,41)(H,34,36,37)/t25-/m0/s1. The molecular weight excluding hydrogens is 532 g/mol. The smallest absolute Gasteiger partial charge is 0.308 e. The number of carbonyl (C=O) groups excluding carboxylic acids is 1. The van der Waals surface area contributed by atoms with E-state index in [4.69, 9.17) is 14.7 Å². The molecule has 3 N–H and O–H groups in total. The Morgan fingerprint density at radius 2 is 1.90 bits per heavy atom. The number of nitrogens with one attached hydrogen (secondary N) is 2. The normalized spacial score (nSPS) is 15.8. The number of aryl methyl sites for hydroxylation is 2. The van der Waals surface area contributed by atoms with E-state index in [0.717, 1.165) is 73.8 Å². The van der Waals surface area contributed by atoms with E-state index in [1.165, 1.54) is 5.56 Å². The first-order valence-corrected chi connectivity index (χ1v) is 14.9. The van der Waals surface area contributed by atoms with Crippen molar-refractivity contribution in [3.8, 4) is 0 Å². The van der Waals surface area contributed by atoms with Gasteiger partial charge < -0.3 is 25.4 Å². The van der Waals surface area contributed by atoms with Gasteiger partial charge in [-0.2, -0.15) is 0 Å². The summed E-state index contributed by atoms with van der Waals surface area (Å²) in [6, 6.07) is 13.7. The minimum atomic E-state index is -1.06. The number of piperidine rings is 1. The number of nitrogens with zero attached hydrogens (tertiary/aromatic N) is 4. The zero-order valence-corrected chi connectivity index (χ0v) is 24.4. The van der Waals surface area contributed by atoms with Crippen LogP contribution in [0.1, 0.15) is 66.7 Å². The van der Waals surface area contributed by atoms with Gasteiger partial charge in [-0.3, -0.25) is 9.59 Å². The van der Waals surface area contributed by atoms with Gasteiger partial charge in [0.2, 0.25) is 0 Å². The monoisotopic (exact) mass is 572 g/mol. The first-order chi connectivity index (χ1) is 20.4. The Bertz CT molecular complexity index is 1390. The number of carbonyl (C=O) groups is 2. The van der Waals surface area contributed by atoms with Crippen LogP contribution in [0.3, 0.4) is 0 Å². The van der Waals surface area contributed by atoms with Crippen LogP contribution >= 0.6 is 0 Å². The zero-order valence-electron chi connectivity index (χ0n) is 24.4. The highest BCUT2D eigenvalue weighted by atomic mass is 16.5. The fourth-order valence-corrected chi connectivity index (χ4v) is 5.61. The van der Waals surface area contributed by atoms with Gasteiger partial charge in [0.05, 0.1) is 12.3 Å². The molecule has 1 atom stereocenters. The molecule has 222 valence electrons. The number of benzene rings is 1. The van der Waals surface area contributed by atoms with E-state index in [1.54, 1.807) is 0 Å². The molecule has 0 unspecified atom stereocenters. The zero-order chi connectivity index (χ0) is 29.5. The second kappa shape index (κ2) is 13.6. The molecule has 42 heavy (non-hydrogen) atoms. The topological polar surface area (TPSA) is 130 Å². The van der Waals surface area contributed by atoms with Gasteiger partial charge in [0.25, 0.3) is 0 Å². The Hall–Kier alpha value is -4.21. The number of hydrogen-bond donors (Lipinski definition) is 3. The summed E-state index contributed by atoms with van der Waals surface area (Å²) in [5.41, 5.74) is 4.19. The van der Waals surface area contributed by atoms with E-state index in [9.17, 15) is 14.7 Å². The van der Waals surface area contributed by atoms with Crippen LogP contribution in [0, 0.1) is 12.8 Å². The summed E-state index contributed by atoms with van der Waals surface area (Å²) >= 11 is 0. The fraction of sp³-hybridized carbons (Fsp3) is 0.469. The van der Waals surface area contributed by atoms with Crippen LogP contribution in [0.2, 0.25) is 0 Å². The molecule has 10 heteroatoms. The van der Waals surface area contributed by atoms with E-state index in [1.807, 2.05) is 44.2 Å². The van der Waals surface area contributed by atoms with E-state index < -0.39 is 17.9 Å². The largest absolute Gasteiger partial charge is 0.481 e. The Kier molecular flexibility index (Phi) is 9.51. The predicted octanol–water partition coefficient (Wildman–Crippen LogP) is 4.73. The average molecular weight is 573 g/mol. The summed E-state index contributed by atoms with van der Waals surface area (Å²) in [5.74, 6) is 1.05. The molecule has 1 aromatic carbocycles. The molecule has 2 aliphatic heterocycles. The molecule has 0 amide bonds. The number of ether oxygens (including phenoxy) is 1. The highest BCUT2D eigenvalue weighted by molar-refractivity contribution is 5.79. The van der Waals surface area contributed by atoms with Crippen molar-refractivity contribution in [1.29, 1.82) is 0 Å². The third-order valence-corrected chi connectivity index (χ3v) is 8.13. The molecule has 1 fully saturated rings. The molecule has 2 aliphatic rings. The lowest BCUT2D eigenvalue weighted by molar-refractivity contribution is -0.152. The number of fused-ring (bicyclic) bond motifs is 1. The van der Waals surface area contributed by atoms with Gasteiger partial charge in [-0.25, -0.2) is 15.0 Å². The number of aromatic nitrogens is 3. The van der Waals surface area contributed by atoms with E-state index in [2.05, 4.69) is 32.7 Å². The molecule has 0 aliphatic carbocycles. The van der Waals surface area contributed by atoms with Crippen LogP contribution < -0.4 is 15.5 Å². The number of aliphatic carboxylic acids is 1. The minimum absolute atomic E-state index is 0.0519.